The van der Waals surface area contributed by atoms with Gasteiger partial charge in [0.1, 0.15) is 0 Å². The van der Waals surface area contributed by atoms with Crippen LogP contribution >= 0.6 is 11.3 Å². The largest absolute Gasteiger partial charge is 0.325 e. The molecule has 1 N–H and O–H groups in total. The fourth-order valence-electron chi connectivity index (χ4n) is 3.11. The van der Waals surface area contributed by atoms with Gasteiger partial charge in [-0.05, 0) is 54.0 Å². The summed E-state index contributed by atoms with van der Waals surface area (Å²) in [5, 5.41) is 5.17. The molecule has 0 saturated heterocycles. The normalized spacial score (nSPS) is 18.0. The molecule has 1 amide bonds. The Morgan fingerprint density at radius 1 is 1.30 bits per heavy atom. The highest BCUT2D eigenvalue weighted by atomic mass is 32.1. The maximum Gasteiger partial charge on any atom is 0.238 e. The molecule has 4 heteroatoms. The molecule has 0 fully saturated rings. The van der Waals surface area contributed by atoms with Crippen LogP contribution in [0.15, 0.2) is 35.7 Å². The summed E-state index contributed by atoms with van der Waals surface area (Å²) in [4.78, 5) is 16.1. The van der Waals surface area contributed by atoms with Crippen molar-refractivity contribution in [3.63, 3.8) is 0 Å². The van der Waals surface area contributed by atoms with Crippen molar-refractivity contribution in [3.05, 3.63) is 51.7 Å². The van der Waals surface area contributed by atoms with Gasteiger partial charge in [0.05, 0.1) is 6.54 Å². The molecule has 1 aromatic heterocycles. The highest BCUT2D eigenvalue weighted by Gasteiger charge is 2.26. The first kappa shape index (κ1) is 16.2. The maximum absolute atomic E-state index is 12.3. The SMILES string of the molecule is CC(C)c1ccc(NC(=O)CN2CCc3sccc3[C@@H]2C)cc1. The monoisotopic (exact) mass is 328 g/mol. The third-order valence-electron chi connectivity index (χ3n) is 4.61. The number of hydrogen-bond donors (Lipinski definition) is 1. The van der Waals surface area contributed by atoms with E-state index in [0.29, 0.717) is 18.5 Å². The van der Waals surface area contributed by atoms with Gasteiger partial charge in [0.15, 0.2) is 0 Å². The molecule has 0 unspecified atom stereocenters. The Balaban J connectivity index is 1.59. The van der Waals surface area contributed by atoms with Gasteiger partial charge in [-0.25, -0.2) is 0 Å². The van der Waals surface area contributed by atoms with Crippen molar-refractivity contribution in [1.29, 1.82) is 0 Å². The van der Waals surface area contributed by atoms with Crippen LogP contribution in [0.2, 0.25) is 0 Å². The van der Waals surface area contributed by atoms with Gasteiger partial charge in [-0.1, -0.05) is 26.0 Å². The van der Waals surface area contributed by atoms with E-state index in [-0.39, 0.29) is 5.91 Å². The van der Waals surface area contributed by atoms with E-state index in [2.05, 4.69) is 54.6 Å². The van der Waals surface area contributed by atoms with Crippen LogP contribution in [-0.2, 0) is 11.2 Å². The first-order valence-electron chi connectivity index (χ1n) is 8.24. The summed E-state index contributed by atoms with van der Waals surface area (Å²) < 4.78 is 0. The Kier molecular flexibility index (Phi) is 4.83. The van der Waals surface area contributed by atoms with E-state index in [1.165, 1.54) is 16.0 Å². The minimum atomic E-state index is 0.0628. The molecule has 0 aliphatic carbocycles. The zero-order valence-electron chi connectivity index (χ0n) is 14.0. The highest BCUT2D eigenvalue weighted by Crippen LogP contribution is 2.32. The van der Waals surface area contributed by atoms with E-state index < -0.39 is 0 Å². The Bertz CT molecular complexity index is 675. The molecule has 2 aromatic rings. The molecule has 0 saturated carbocycles. The second-order valence-electron chi connectivity index (χ2n) is 6.52. The molecule has 23 heavy (non-hydrogen) atoms. The van der Waals surface area contributed by atoms with Crippen molar-refractivity contribution >= 4 is 22.9 Å². The molecule has 0 spiro atoms. The summed E-state index contributed by atoms with van der Waals surface area (Å²) in [5.41, 5.74) is 3.55. The number of fused-ring (bicyclic) bond motifs is 1. The van der Waals surface area contributed by atoms with E-state index in [1.807, 2.05) is 23.5 Å². The second-order valence-corrected chi connectivity index (χ2v) is 7.52. The van der Waals surface area contributed by atoms with Gasteiger partial charge >= 0.3 is 0 Å². The standard InChI is InChI=1S/C19H24N2OS/c1-13(2)15-4-6-16(7-5-15)20-19(22)12-21-10-8-18-17(14(21)3)9-11-23-18/h4-7,9,11,13-14H,8,10,12H2,1-3H3,(H,20,22)/t14-/m0/s1. The van der Waals surface area contributed by atoms with Crippen molar-refractivity contribution in [2.24, 2.45) is 0 Å². The molecule has 3 nitrogen and oxygen atoms in total. The summed E-state index contributed by atoms with van der Waals surface area (Å²) in [6.07, 6.45) is 1.05. The van der Waals surface area contributed by atoms with Crippen molar-refractivity contribution < 1.29 is 4.79 Å². The van der Waals surface area contributed by atoms with E-state index in [4.69, 9.17) is 0 Å². The maximum atomic E-state index is 12.3. The van der Waals surface area contributed by atoms with E-state index in [9.17, 15) is 4.79 Å². The number of nitrogens with zero attached hydrogens (tertiary/aromatic N) is 1. The smallest absolute Gasteiger partial charge is 0.238 e. The summed E-state index contributed by atoms with van der Waals surface area (Å²) >= 11 is 1.83. The molecule has 1 aliphatic rings. The molecule has 2 heterocycles. The molecule has 1 aliphatic heterocycles. The summed E-state index contributed by atoms with van der Waals surface area (Å²) in [6.45, 7) is 7.93. The first-order chi connectivity index (χ1) is 11.0. The van der Waals surface area contributed by atoms with Gasteiger partial charge in [-0.15, -0.1) is 11.3 Å². The number of rotatable bonds is 4. The summed E-state index contributed by atoms with van der Waals surface area (Å²) in [5.74, 6) is 0.571. The van der Waals surface area contributed by atoms with Gasteiger partial charge in [-0.2, -0.15) is 0 Å². The van der Waals surface area contributed by atoms with Gasteiger partial charge in [0, 0.05) is 23.2 Å². The van der Waals surface area contributed by atoms with Crippen LogP contribution in [0.3, 0.4) is 0 Å². The van der Waals surface area contributed by atoms with Crippen molar-refractivity contribution in [2.75, 3.05) is 18.4 Å². The first-order valence-corrected chi connectivity index (χ1v) is 9.12. The Morgan fingerprint density at radius 2 is 2.04 bits per heavy atom. The van der Waals surface area contributed by atoms with Crippen LogP contribution in [0.25, 0.3) is 0 Å². The Morgan fingerprint density at radius 3 is 2.74 bits per heavy atom. The van der Waals surface area contributed by atoms with Crippen LogP contribution in [0.1, 0.15) is 48.7 Å². The lowest BCUT2D eigenvalue weighted by Crippen LogP contribution is -2.39. The predicted octanol–water partition coefficient (Wildman–Crippen LogP) is 4.43. The third-order valence-corrected chi connectivity index (χ3v) is 5.61. The molecule has 1 atom stereocenters. The Labute approximate surface area is 142 Å². The number of thiophene rings is 1. The van der Waals surface area contributed by atoms with Crippen LogP contribution in [0.5, 0.6) is 0 Å². The number of anilines is 1. The lowest BCUT2D eigenvalue weighted by molar-refractivity contribution is -0.117. The number of benzene rings is 1. The topological polar surface area (TPSA) is 32.3 Å². The van der Waals surface area contributed by atoms with Crippen LogP contribution in [-0.4, -0.2) is 23.9 Å². The molecular formula is C19H24N2OS. The molecule has 0 bridgehead atoms. The molecule has 1 aromatic carbocycles. The predicted molar refractivity (Wildman–Crippen MR) is 97.2 cm³/mol. The zero-order valence-corrected chi connectivity index (χ0v) is 14.8. The fraction of sp³-hybridized carbons (Fsp3) is 0.421. The van der Waals surface area contributed by atoms with Gasteiger partial charge in [0.2, 0.25) is 5.91 Å². The molecule has 122 valence electrons. The van der Waals surface area contributed by atoms with E-state index in [0.717, 1.165) is 18.7 Å². The van der Waals surface area contributed by atoms with Crippen molar-refractivity contribution in [3.8, 4) is 0 Å². The Hall–Kier alpha value is -1.65. The second kappa shape index (κ2) is 6.85. The molecule has 3 rings (SSSR count). The van der Waals surface area contributed by atoms with Gasteiger partial charge in [0.25, 0.3) is 0 Å². The number of nitrogens with one attached hydrogen (secondary N) is 1. The van der Waals surface area contributed by atoms with E-state index >= 15 is 0 Å². The molecule has 0 radical (unpaired) electrons. The minimum absolute atomic E-state index is 0.0628. The van der Waals surface area contributed by atoms with Crippen LogP contribution < -0.4 is 5.32 Å². The summed E-state index contributed by atoms with van der Waals surface area (Å²) in [7, 11) is 0. The average molecular weight is 328 g/mol. The zero-order chi connectivity index (χ0) is 16.4. The van der Waals surface area contributed by atoms with Crippen LogP contribution in [0.4, 0.5) is 5.69 Å². The van der Waals surface area contributed by atoms with Gasteiger partial charge in [-0.3, -0.25) is 9.69 Å². The summed E-state index contributed by atoms with van der Waals surface area (Å²) in [6, 6.07) is 10.7. The van der Waals surface area contributed by atoms with Crippen LogP contribution in [0, 0.1) is 0 Å². The molecular weight excluding hydrogens is 304 g/mol. The number of amides is 1. The number of carbonyl (C=O) groups excluding carboxylic acids is 1. The minimum Gasteiger partial charge on any atom is -0.325 e. The fourth-order valence-corrected chi connectivity index (χ4v) is 4.08. The lowest BCUT2D eigenvalue weighted by atomic mass is 10.0. The van der Waals surface area contributed by atoms with Crippen molar-refractivity contribution in [2.45, 2.75) is 39.2 Å². The highest BCUT2D eigenvalue weighted by molar-refractivity contribution is 7.10. The quantitative estimate of drug-likeness (QED) is 0.900. The van der Waals surface area contributed by atoms with Crippen molar-refractivity contribution in [1.82, 2.24) is 4.90 Å². The van der Waals surface area contributed by atoms with E-state index in [1.54, 1.807) is 0 Å². The number of hydrogen-bond acceptors (Lipinski definition) is 3. The average Bonchev–Trinajstić information content (AvgIpc) is 3.00. The van der Waals surface area contributed by atoms with Gasteiger partial charge < -0.3 is 5.32 Å². The lowest BCUT2D eigenvalue weighted by Gasteiger charge is -2.32. The third kappa shape index (κ3) is 3.65. The number of carbonyl (C=O) groups is 1.